The molecule has 8 nitrogen and oxygen atoms in total. The molecule has 0 spiro atoms. The maximum Gasteiger partial charge on any atom is 0.415 e. The van der Waals surface area contributed by atoms with Crippen molar-refractivity contribution in [3.63, 3.8) is 0 Å². The van der Waals surface area contributed by atoms with Gasteiger partial charge in [0, 0.05) is 5.56 Å². The zero-order chi connectivity index (χ0) is 25.9. The number of amidine groups is 1. The summed E-state index contributed by atoms with van der Waals surface area (Å²) in [6.45, 7) is 12.6. The van der Waals surface area contributed by atoms with Crippen LogP contribution in [0, 0.1) is 0 Å². The van der Waals surface area contributed by atoms with Crippen LogP contribution in [0.1, 0.15) is 45.0 Å². The van der Waals surface area contributed by atoms with Gasteiger partial charge in [0.05, 0.1) is 27.9 Å². The average molecular weight is 473 g/mol. The molecule has 186 valence electrons. The highest BCUT2D eigenvalue weighted by Gasteiger charge is 2.35. The number of rotatable bonds is 7. The average Bonchev–Trinajstić information content (AvgIpc) is 3.19. The van der Waals surface area contributed by atoms with Gasteiger partial charge in [0.2, 0.25) is 5.75 Å². The number of hydrogen-bond acceptors (Lipinski definition) is 7. The highest BCUT2D eigenvalue weighted by Crippen LogP contribution is 2.38. The predicted octanol–water partition coefficient (Wildman–Crippen LogP) is 5.24. The maximum atomic E-state index is 12.9. The van der Waals surface area contributed by atoms with E-state index in [1.807, 2.05) is 31.2 Å². The lowest BCUT2D eigenvalue weighted by atomic mass is 10.0. The molecule has 8 heteroatoms. The summed E-state index contributed by atoms with van der Waals surface area (Å²) in [4.78, 5) is 31.0. The number of methoxy groups -OCH3 is 3. The van der Waals surface area contributed by atoms with Crippen molar-refractivity contribution in [1.29, 1.82) is 0 Å². The van der Waals surface area contributed by atoms with Crippen molar-refractivity contribution in [2.24, 2.45) is 4.99 Å². The molecule has 1 aliphatic heterocycles. The van der Waals surface area contributed by atoms with Crippen LogP contribution >= 0.6 is 0 Å². The van der Waals surface area contributed by atoms with E-state index < -0.39 is 17.7 Å². The first kappa shape index (κ1) is 28.5. The molecule has 1 amide bonds. The number of hydrogen-bond donors (Lipinski definition) is 0. The summed E-state index contributed by atoms with van der Waals surface area (Å²) >= 11 is 0. The summed E-state index contributed by atoms with van der Waals surface area (Å²) in [7, 11) is 4.45. The number of ketones is 1. The number of carbonyl (C=O) groups is 2. The van der Waals surface area contributed by atoms with E-state index in [1.165, 1.54) is 26.2 Å². The van der Waals surface area contributed by atoms with Gasteiger partial charge in [-0.05, 0) is 46.8 Å². The van der Waals surface area contributed by atoms with Gasteiger partial charge in [-0.1, -0.05) is 37.0 Å². The summed E-state index contributed by atoms with van der Waals surface area (Å²) in [6.07, 6.45) is 8.98. The Labute approximate surface area is 202 Å². The van der Waals surface area contributed by atoms with Gasteiger partial charge >= 0.3 is 6.09 Å². The van der Waals surface area contributed by atoms with Crippen LogP contribution < -0.4 is 14.2 Å². The SMILES string of the molecule is C=C/C=C\C=C/C.COc1cc(C(=O)C2CN(C(=O)OC(C)(C)C)C(C)=N2)cc(OC)c1OC. The summed E-state index contributed by atoms with van der Waals surface area (Å²) in [6, 6.07) is 2.43. The van der Waals surface area contributed by atoms with Gasteiger partial charge < -0.3 is 18.9 Å². The zero-order valence-electron chi connectivity index (χ0n) is 21.4. The van der Waals surface area contributed by atoms with E-state index in [4.69, 9.17) is 18.9 Å². The molecule has 1 aromatic carbocycles. The molecule has 0 N–H and O–H groups in total. The van der Waals surface area contributed by atoms with Gasteiger partial charge in [-0.2, -0.15) is 0 Å². The summed E-state index contributed by atoms with van der Waals surface area (Å²) in [5.41, 5.74) is -0.270. The molecule has 2 rings (SSSR count). The van der Waals surface area contributed by atoms with Gasteiger partial charge in [0.15, 0.2) is 17.3 Å². The van der Waals surface area contributed by atoms with E-state index in [-0.39, 0.29) is 12.3 Å². The molecule has 0 saturated carbocycles. The minimum Gasteiger partial charge on any atom is -0.493 e. The third-order valence-electron chi connectivity index (χ3n) is 4.51. The van der Waals surface area contributed by atoms with Gasteiger partial charge in [-0.3, -0.25) is 14.7 Å². The molecule has 1 aliphatic rings. The first-order valence-corrected chi connectivity index (χ1v) is 10.8. The van der Waals surface area contributed by atoms with Crippen molar-refractivity contribution in [1.82, 2.24) is 4.90 Å². The number of amides is 1. The molecule has 0 aliphatic carbocycles. The quantitative estimate of drug-likeness (QED) is 0.399. The monoisotopic (exact) mass is 472 g/mol. The molecule has 1 heterocycles. The second-order valence-electron chi connectivity index (χ2n) is 8.21. The zero-order valence-corrected chi connectivity index (χ0v) is 21.4. The number of Topliss-reactive ketones (excluding diaryl/α,β-unsaturated/α-hetero) is 1. The van der Waals surface area contributed by atoms with E-state index in [0.29, 0.717) is 28.6 Å². The Morgan fingerprint density at radius 2 is 1.65 bits per heavy atom. The largest absolute Gasteiger partial charge is 0.493 e. The van der Waals surface area contributed by atoms with Crippen molar-refractivity contribution in [2.45, 2.75) is 46.3 Å². The van der Waals surface area contributed by atoms with Crippen molar-refractivity contribution in [3.05, 3.63) is 54.7 Å². The molecule has 0 radical (unpaired) electrons. The second-order valence-corrected chi connectivity index (χ2v) is 8.21. The number of benzene rings is 1. The fourth-order valence-electron chi connectivity index (χ4n) is 2.98. The van der Waals surface area contributed by atoms with Crippen LogP contribution in [0.3, 0.4) is 0 Å². The van der Waals surface area contributed by atoms with Crippen LogP contribution in [0.5, 0.6) is 17.2 Å². The van der Waals surface area contributed by atoms with Crippen LogP contribution in [0.2, 0.25) is 0 Å². The van der Waals surface area contributed by atoms with Crippen LogP contribution in [0.4, 0.5) is 4.79 Å². The Balaban J connectivity index is 0.000000718. The van der Waals surface area contributed by atoms with E-state index in [9.17, 15) is 9.59 Å². The van der Waals surface area contributed by atoms with Gasteiger partial charge in [-0.15, -0.1) is 0 Å². The molecule has 0 fully saturated rings. The third kappa shape index (κ3) is 8.10. The standard InChI is InChI=1S/C19H26N2O6.C7H10/c1-11-20-13(10-21(11)18(23)27-19(2,3)4)16(22)12-8-14(24-5)17(26-7)15(9-12)25-6;1-3-5-7-6-4-2/h8-9,13H,10H2,1-7H3;3-7H,1H2,2H3/b;6-4-,7-5-. The number of ether oxygens (including phenoxy) is 4. The molecule has 0 aromatic heterocycles. The molecule has 34 heavy (non-hydrogen) atoms. The predicted molar refractivity (Wildman–Crippen MR) is 134 cm³/mol. The summed E-state index contributed by atoms with van der Waals surface area (Å²) < 4.78 is 21.2. The Morgan fingerprint density at radius 3 is 2.09 bits per heavy atom. The normalized spacial score (nSPS) is 15.5. The molecule has 1 unspecified atom stereocenters. The molecule has 0 saturated heterocycles. The summed E-state index contributed by atoms with van der Waals surface area (Å²) in [5.74, 6) is 1.35. The number of allylic oxidation sites excluding steroid dienone is 5. The third-order valence-corrected chi connectivity index (χ3v) is 4.51. The molecular formula is C26H36N2O6. The maximum absolute atomic E-state index is 12.9. The van der Waals surface area contributed by atoms with Crippen LogP contribution in [0.15, 0.2) is 54.1 Å². The number of aliphatic imine (C=N–C) groups is 1. The minimum atomic E-state index is -0.722. The fourth-order valence-corrected chi connectivity index (χ4v) is 2.98. The molecule has 0 bridgehead atoms. The Morgan fingerprint density at radius 1 is 1.06 bits per heavy atom. The van der Waals surface area contributed by atoms with Gasteiger partial charge in [-0.25, -0.2) is 4.79 Å². The number of carbonyl (C=O) groups excluding carboxylic acids is 2. The lowest BCUT2D eigenvalue weighted by molar-refractivity contribution is 0.0377. The van der Waals surface area contributed by atoms with Crippen molar-refractivity contribution in [3.8, 4) is 17.2 Å². The second kappa shape index (κ2) is 13.2. The van der Waals surface area contributed by atoms with Gasteiger partial charge in [0.1, 0.15) is 17.5 Å². The van der Waals surface area contributed by atoms with E-state index in [2.05, 4.69) is 11.6 Å². The Bertz CT molecular complexity index is 932. The highest BCUT2D eigenvalue weighted by atomic mass is 16.6. The minimum absolute atomic E-state index is 0.121. The Hall–Kier alpha value is -3.55. The summed E-state index contributed by atoms with van der Waals surface area (Å²) in [5, 5.41) is 0. The van der Waals surface area contributed by atoms with Crippen molar-refractivity contribution < 1.29 is 28.5 Å². The Kier molecular flexibility index (Phi) is 11.1. The fraction of sp³-hybridized carbons (Fsp3) is 0.423. The van der Waals surface area contributed by atoms with Crippen molar-refractivity contribution >= 4 is 17.7 Å². The first-order valence-electron chi connectivity index (χ1n) is 10.8. The lowest BCUT2D eigenvalue weighted by Crippen LogP contribution is -2.39. The van der Waals surface area contributed by atoms with E-state index >= 15 is 0 Å². The van der Waals surface area contributed by atoms with Crippen LogP contribution in [-0.2, 0) is 4.74 Å². The van der Waals surface area contributed by atoms with Crippen LogP contribution in [-0.4, -0.2) is 62.1 Å². The topological polar surface area (TPSA) is 86.7 Å². The molecule has 1 aromatic rings. The van der Waals surface area contributed by atoms with E-state index in [0.717, 1.165) is 0 Å². The van der Waals surface area contributed by atoms with Crippen molar-refractivity contribution in [2.75, 3.05) is 27.9 Å². The lowest BCUT2D eigenvalue weighted by Gasteiger charge is -2.24. The molecule has 1 atom stereocenters. The first-order chi connectivity index (χ1) is 16.0. The van der Waals surface area contributed by atoms with Gasteiger partial charge in [0.25, 0.3) is 0 Å². The highest BCUT2D eigenvalue weighted by molar-refractivity contribution is 6.06. The number of nitrogens with zero attached hydrogens (tertiary/aromatic N) is 2. The molecular weight excluding hydrogens is 436 g/mol. The van der Waals surface area contributed by atoms with E-state index in [1.54, 1.807) is 45.9 Å². The smallest absolute Gasteiger partial charge is 0.415 e. The van der Waals surface area contributed by atoms with Crippen LogP contribution in [0.25, 0.3) is 0 Å².